The van der Waals surface area contributed by atoms with E-state index < -0.39 is 0 Å². The van der Waals surface area contributed by atoms with E-state index in [-0.39, 0.29) is 29.7 Å². The summed E-state index contributed by atoms with van der Waals surface area (Å²) in [7, 11) is 2.13. The topological polar surface area (TPSA) is 110 Å². The minimum Gasteiger partial charge on any atom is -0.383 e. The van der Waals surface area contributed by atoms with Crippen LogP contribution in [0.5, 0.6) is 0 Å². The molecule has 2 aliphatic rings. The zero-order chi connectivity index (χ0) is 29.6. The van der Waals surface area contributed by atoms with Gasteiger partial charge < -0.3 is 26.0 Å². The summed E-state index contributed by atoms with van der Waals surface area (Å²) in [6.07, 6.45) is 5.22. The summed E-state index contributed by atoms with van der Waals surface area (Å²) in [6, 6.07) is 15.6. The van der Waals surface area contributed by atoms with Crippen molar-refractivity contribution in [1.82, 2.24) is 20.5 Å². The highest BCUT2D eigenvalue weighted by molar-refractivity contribution is 6.00. The van der Waals surface area contributed by atoms with E-state index in [2.05, 4.69) is 59.6 Å². The van der Waals surface area contributed by atoms with E-state index in [0.29, 0.717) is 37.6 Å². The van der Waals surface area contributed by atoms with Crippen LogP contribution in [0.2, 0.25) is 0 Å². The number of carbonyl (C=O) groups is 2. The molecule has 8 heteroatoms. The van der Waals surface area contributed by atoms with Crippen LogP contribution in [0.4, 0.5) is 5.82 Å². The van der Waals surface area contributed by atoms with E-state index in [0.717, 1.165) is 54.6 Å². The van der Waals surface area contributed by atoms with Crippen LogP contribution in [0, 0.1) is 12.8 Å². The number of ketones is 1. The molecular formula is C34H43N5O3. The molecule has 8 nitrogen and oxygen atoms in total. The quantitative estimate of drug-likeness (QED) is 0.311. The number of piperidine rings is 1. The van der Waals surface area contributed by atoms with E-state index in [1.54, 1.807) is 12.3 Å². The summed E-state index contributed by atoms with van der Waals surface area (Å²) in [5.41, 5.74) is 12.6. The molecule has 2 aliphatic heterocycles. The maximum absolute atomic E-state index is 13.3. The molecule has 0 spiro atoms. The Hall–Kier alpha value is -3.59. The number of pyridine rings is 1. The maximum Gasteiger partial charge on any atom is 0.255 e. The lowest BCUT2D eigenvalue weighted by Gasteiger charge is -2.28. The Bertz CT molecular complexity index is 1400. The Labute approximate surface area is 249 Å². The van der Waals surface area contributed by atoms with Gasteiger partial charge in [0.15, 0.2) is 5.78 Å². The second-order valence-corrected chi connectivity index (χ2v) is 11.8. The minimum atomic E-state index is -0.280. The lowest BCUT2D eigenvalue weighted by Crippen LogP contribution is -2.44. The van der Waals surface area contributed by atoms with Gasteiger partial charge in [0, 0.05) is 36.8 Å². The second-order valence-electron chi connectivity index (χ2n) is 11.8. The fraction of sp³-hybridized carbons (Fsp3) is 0.441. The Morgan fingerprint density at radius 2 is 1.83 bits per heavy atom. The molecule has 2 fully saturated rings. The minimum absolute atomic E-state index is 0.155. The largest absolute Gasteiger partial charge is 0.383 e. The average Bonchev–Trinajstić information content (AvgIpc) is 3.44. The fourth-order valence-corrected chi connectivity index (χ4v) is 5.93. The summed E-state index contributed by atoms with van der Waals surface area (Å²) in [4.78, 5) is 32.8. The molecule has 4 N–H and O–H groups in total. The van der Waals surface area contributed by atoms with Gasteiger partial charge >= 0.3 is 0 Å². The zero-order valence-electron chi connectivity index (χ0n) is 25.0. The number of nitrogens with one attached hydrogen (secondary N) is 2. The molecule has 2 atom stereocenters. The van der Waals surface area contributed by atoms with Gasteiger partial charge in [-0.15, -0.1) is 0 Å². The van der Waals surface area contributed by atoms with E-state index in [1.807, 2.05) is 24.3 Å². The number of nitrogen functional groups attached to an aromatic ring is 1. The van der Waals surface area contributed by atoms with Crippen LogP contribution < -0.4 is 16.4 Å². The summed E-state index contributed by atoms with van der Waals surface area (Å²) in [5.74, 6) is 0.531. The molecule has 0 radical (unpaired) electrons. The van der Waals surface area contributed by atoms with Gasteiger partial charge in [0.2, 0.25) is 0 Å². The summed E-state index contributed by atoms with van der Waals surface area (Å²) >= 11 is 0. The Kier molecular flexibility index (Phi) is 9.67. The molecule has 0 saturated carbocycles. The second kappa shape index (κ2) is 13.6. The highest BCUT2D eigenvalue weighted by Crippen LogP contribution is 2.26. The molecule has 3 heterocycles. The number of nitrogens with zero attached hydrogens (tertiary/aromatic N) is 2. The van der Waals surface area contributed by atoms with E-state index in [1.165, 1.54) is 11.1 Å². The highest BCUT2D eigenvalue weighted by Gasteiger charge is 2.30. The lowest BCUT2D eigenvalue weighted by atomic mass is 9.89. The monoisotopic (exact) mass is 569 g/mol. The van der Waals surface area contributed by atoms with Gasteiger partial charge in [-0.1, -0.05) is 49.4 Å². The number of aryl methyl sites for hydroxylation is 2. The van der Waals surface area contributed by atoms with Crippen molar-refractivity contribution in [1.29, 1.82) is 0 Å². The Balaban J connectivity index is 1.20. The first-order valence-corrected chi connectivity index (χ1v) is 15.1. The van der Waals surface area contributed by atoms with Crippen LogP contribution in [-0.4, -0.2) is 66.9 Å². The predicted octanol–water partition coefficient (Wildman–Crippen LogP) is 4.40. The Morgan fingerprint density at radius 1 is 1.07 bits per heavy atom. The highest BCUT2D eigenvalue weighted by atomic mass is 16.5. The van der Waals surface area contributed by atoms with Crippen molar-refractivity contribution in [3.63, 3.8) is 0 Å². The first-order chi connectivity index (χ1) is 20.3. The van der Waals surface area contributed by atoms with Crippen molar-refractivity contribution in [2.24, 2.45) is 5.92 Å². The number of rotatable bonds is 10. The van der Waals surface area contributed by atoms with Gasteiger partial charge in [0.25, 0.3) is 5.91 Å². The number of likely N-dealkylation sites (tertiary alicyclic amines) is 1. The first-order valence-electron chi connectivity index (χ1n) is 15.1. The average molecular weight is 570 g/mol. The number of benzene rings is 2. The smallest absolute Gasteiger partial charge is 0.255 e. The van der Waals surface area contributed by atoms with Crippen LogP contribution in [0.1, 0.15) is 63.6 Å². The first kappa shape index (κ1) is 29.9. The maximum atomic E-state index is 13.3. The molecule has 42 heavy (non-hydrogen) atoms. The summed E-state index contributed by atoms with van der Waals surface area (Å²) < 4.78 is 6.23. The zero-order valence-corrected chi connectivity index (χ0v) is 25.0. The number of aromatic nitrogens is 1. The third-order valence-corrected chi connectivity index (χ3v) is 8.75. The Morgan fingerprint density at radius 3 is 2.57 bits per heavy atom. The van der Waals surface area contributed by atoms with E-state index in [4.69, 9.17) is 10.5 Å². The molecule has 2 saturated heterocycles. The van der Waals surface area contributed by atoms with Crippen LogP contribution in [-0.2, 0) is 17.8 Å². The summed E-state index contributed by atoms with van der Waals surface area (Å²) in [5, 5.41) is 6.43. The van der Waals surface area contributed by atoms with Gasteiger partial charge in [-0.05, 0) is 80.6 Å². The van der Waals surface area contributed by atoms with Crippen LogP contribution in [0.15, 0.2) is 54.7 Å². The number of hydrogen-bond acceptors (Lipinski definition) is 7. The number of amides is 1. The van der Waals surface area contributed by atoms with Crippen molar-refractivity contribution >= 4 is 17.5 Å². The number of ether oxygens (including phenoxy) is 1. The van der Waals surface area contributed by atoms with E-state index in [9.17, 15) is 9.59 Å². The van der Waals surface area contributed by atoms with Gasteiger partial charge in [0.1, 0.15) is 5.82 Å². The predicted molar refractivity (Wildman–Crippen MR) is 167 cm³/mol. The standard InChI is InChI=1S/C34H43N5O3/c1-4-25-15-24(6-5-22(25)2)21-42-32-20-36-19-30(32)38-34(41)29-17-28(18-37-33(29)35)26-7-9-27(10-8-26)31(40)16-23-11-13-39(3)14-12-23/h5-10,15,17-18,23,30,32,36H,4,11-14,16,19-21H2,1-3H3,(H2,35,37)(H,38,41)/t30-,32-/m0/s1. The SMILES string of the molecule is CCc1cc(CO[C@H]2CNC[C@@H]2NC(=O)c2cc(-c3ccc(C(=O)CC4CCN(C)CC4)cc3)cnc2N)ccc1C. The van der Waals surface area contributed by atoms with Crippen LogP contribution >= 0.6 is 0 Å². The third-order valence-electron chi connectivity index (χ3n) is 8.75. The molecule has 3 aromatic rings. The fourth-order valence-electron chi connectivity index (χ4n) is 5.93. The number of carbonyl (C=O) groups excluding carboxylic acids is 2. The van der Waals surface area contributed by atoms with Gasteiger partial charge in [0.05, 0.1) is 24.3 Å². The summed E-state index contributed by atoms with van der Waals surface area (Å²) in [6.45, 7) is 8.15. The molecule has 1 aromatic heterocycles. The molecular weight excluding hydrogens is 526 g/mol. The van der Waals surface area contributed by atoms with Gasteiger partial charge in [-0.25, -0.2) is 4.98 Å². The molecule has 5 rings (SSSR count). The van der Waals surface area contributed by atoms with Crippen molar-refractivity contribution in [2.45, 2.75) is 58.3 Å². The van der Waals surface area contributed by atoms with Crippen molar-refractivity contribution in [2.75, 3.05) is 39.0 Å². The molecule has 0 aliphatic carbocycles. The molecule has 2 aromatic carbocycles. The van der Waals surface area contributed by atoms with E-state index >= 15 is 0 Å². The van der Waals surface area contributed by atoms with Crippen molar-refractivity contribution < 1.29 is 14.3 Å². The van der Waals surface area contributed by atoms with Crippen molar-refractivity contribution in [3.05, 3.63) is 82.5 Å². The molecule has 1 amide bonds. The number of hydrogen-bond donors (Lipinski definition) is 3. The van der Waals surface area contributed by atoms with Crippen LogP contribution in [0.25, 0.3) is 11.1 Å². The number of anilines is 1. The number of Topliss-reactive ketones (excluding diaryl/α,β-unsaturated/α-hetero) is 1. The van der Waals surface area contributed by atoms with Gasteiger partial charge in [-0.2, -0.15) is 0 Å². The van der Waals surface area contributed by atoms with Crippen molar-refractivity contribution in [3.8, 4) is 11.1 Å². The lowest BCUT2D eigenvalue weighted by molar-refractivity contribution is 0.0357. The third kappa shape index (κ3) is 7.24. The molecule has 0 unspecified atom stereocenters. The number of nitrogens with two attached hydrogens (primary N) is 1. The van der Waals surface area contributed by atoms with Gasteiger partial charge in [-0.3, -0.25) is 9.59 Å². The molecule has 0 bridgehead atoms. The normalized spacial score (nSPS) is 19.6. The molecule has 222 valence electrons. The van der Waals surface area contributed by atoms with Crippen LogP contribution in [0.3, 0.4) is 0 Å².